The summed E-state index contributed by atoms with van der Waals surface area (Å²) in [4.78, 5) is 0. The Bertz CT molecular complexity index is 376. The summed E-state index contributed by atoms with van der Waals surface area (Å²) in [6.07, 6.45) is 0. The molecule has 1 rings (SSSR count). The lowest BCUT2D eigenvalue weighted by Gasteiger charge is -2.19. The third kappa shape index (κ3) is 3.64. The normalized spacial score (nSPS) is 15.4. The van der Waals surface area contributed by atoms with Gasteiger partial charge in [-0.1, -0.05) is 17.3 Å². The van der Waals surface area contributed by atoms with E-state index in [1.165, 1.54) is 0 Å². The van der Waals surface area contributed by atoms with Crippen molar-refractivity contribution < 1.29 is 9.94 Å². The molecule has 1 aromatic carbocycles. The molecule has 0 saturated carbocycles. The lowest BCUT2D eigenvalue weighted by Crippen LogP contribution is -2.40. The van der Waals surface area contributed by atoms with Crippen molar-refractivity contribution in [2.24, 2.45) is 10.9 Å². The zero-order chi connectivity index (χ0) is 12.8. The summed E-state index contributed by atoms with van der Waals surface area (Å²) in [6.45, 7) is 3.86. The fourth-order valence-corrected chi connectivity index (χ4v) is 1.54. The van der Waals surface area contributed by atoms with Gasteiger partial charge in [0, 0.05) is 6.04 Å². The fourth-order valence-electron chi connectivity index (χ4n) is 1.54. The molecule has 4 N–H and O–H groups in total. The molecular weight excluding hydrogens is 218 g/mol. The highest BCUT2D eigenvalue weighted by Crippen LogP contribution is 2.17. The van der Waals surface area contributed by atoms with E-state index in [9.17, 15) is 0 Å². The molecule has 0 fully saturated rings. The highest BCUT2D eigenvalue weighted by atomic mass is 16.5. The third-order valence-corrected chi connectivity index (χ3v) is 2.67. The minimum Gasteiger partial charge on any atom is -0.497 e. The Morgan fingerprint density at radius 3 is 2.41 bits per heavy atom. The van der Waals surface area contributed by atoms with Gasteiger partial charge in [0.05, 0.1) is 13.2 Å². The molecule has 2 atom stereocenters. The zero-order valence-corrected chi connectivity index (χ0v) is 10.3. The van der Waals surface area contributed by atoms with Crippen LogP contribution in [0.5, 0.6) is 5.75 Å². The topological polar surface area (TPSA) is 79.9 Å². The molecule has 94 valence electrons. The van der Waals surface area contributed by atoms with Crippen LogP contribution in [0.3, 0.4) is 0 Å². The van der Waals surface area contributed by atoms with Crippen molar-refractivity contribution in [3.05, 3.63) is 29.8 Å². The molecule has 0 spiro atoms. The van der Waals surface area contributed by atoms with Gasteiger partial charge in [0.1, 0.15) is 5.75 Å². The van der Waals surface area contributed by atoms with Gasteiger partial charge in [-0.05, 0) is 31.5 Å². The Labute approximate surface area is 101 Å². The molecule has 0 bridgehead atoms. The van der Waals surface area contributed by atoms with Crippen LogP contribution in [-0.4, -0.2) is 24.2 Å². The van der Waals surface area contributed by atoms with E-state index in [2.05, 4.69) is 10.5 Å². The number of hydrogen-bond donors (Lipinski definition) is 3. The first kappa shape index (κ1) is 13.3. The van der Waals surface area contributed by atoms with Gasteiger partial charge < -0.3 is 21.0 Å². The number of rotatable bonds is 5. The number of oxime groups is 1. The van der Waals surface area contributed by atoms with Crippen molar-refractivity contribution >= 4 is 5.84 Å². The molecule has 0 aromatic heterocycles. The Morgan fingerprint density at radius 2 is 1.94 bits per heavy atom. The van der Waals surface area contributed by atoms with Crippen LogP contribution in [0, 0.1) is 0 Å². The molecule has 0 radical (unpaired) electrons. The summed E-state index contributed by atoms with van der Waals surface area (Å²) in [6, 6.07) is 7.70. The summed E-state index contributed by atoms with van der Waals surface area (Å²) in [5.41, 5.74) is 6.62. The van der Waals surface area contributed by atoms with Crippen LogP contribution in [-0.2, 0) is 0 Å². The summed E-state index contributed by atoms with van der Waals surface area (Å²) < 4.78 is 5.09. The van der Waals surface area contributed by atoms with Gasteiger partial charge in [-0.15, -0.1) is 0 Å². The third-order valence-electron chi connectivity index (χ3n) is 2.67. The van der Waals surface area contributed by atoms with E-state index in [1.54, 1.807) is 7.11 Å². The first-order chi connectivity index (χ1) is 8.08. The Balaban J connectivity index is 2.66. The van der Waals surface area contributed by atoms with E-state index < -0.39 is 0 Å². The molecule has 0 heterocycles. The van der Waals surface area contributed by atoms with E-state index >= 15 is 0 Å². The second-order valence-electron chi connectivity index (χ2n) is 3.91. The number of nitrogens with two attached hydrogens (primary N) is 1. The molecule has 0 aliphatic heterocycles. The number of nitrogens with zero attached hydrogens (tertiary/aromatic N) is 1. The van der Waals surface area contributed by atoms with Crippen LogP contribution < -0.4 is 15.8 Å². The van der Waals surface area contributed by atoms with E-state index in [0.29, 0.717) is 0 Å². The van der Waals surface area contributed by atoms with Crippen molar-refractivity contribution in [1.29, 1.82) is 0 Å². The molecule has 5 heteroatoms. The highest BCUT2D eigenvalue weighted by molar-refractivity contribution is 5.84. The van der Waals surface area contributed by atoms with Crippen LogP contribution in [0.2, 0.25) is 0 Å². The van der Waals surface area contributed by atoms with Gasteiger partial charge in [-0.2, -0.15) is 0 Å². The first-order valence-corrected chi connectivity index (χ1v) is 5.46. The second-order valence-corrected chi connectivity index (χ2v) is 3.91. The molecule has 17 heavy (non-hydrogen) atoms. The van der Waals surface area contributed by atoms with Gasteiger partial charge in [-0.3, -0.25) is 0 Å². The largest absolute Gasteiger partial charge is 0.497 e. The van der Waals surface area contributed by atoms with Crippen molar-refractivity contribution in [2.45, 2.75) is 25.9 Å². The van der Waals surface area contributed by atoms with Crippen LogP contribution in [0.15, 0.2) is 29.4 Å². The standard InChI is InChI=1S/C12H19N3O2/c1-8(14-9(2)12(13)15-16)10-4-6-11(17-3)7-5-10/h4-9,14,16H,1-3H3,(H2,13,15)/t8-,9?/m1/s1. The summed E-state index contributed by atoms with van der Waals surface area (Å²) >= 11 is 0. The lowest BCUT2D eigenvalue weighted by atomic mass is 10.1. The van der Waals surface area contributed by atoms with Gasteiger partial charge in [-0.25, -0.2) is 0 Å². The molecule has 1 unspecified atom stereocenters. The van der Waals surface area contributed by atoms with E-state index in [-0.39, 0.29) is 17.9 Å². The maximum Gasteiger partial charge on any atom is 0.156 e. The average Bonchev–Trinajstić information content (AvgIpc) is 2.37. The smallest absolute Gasteiger partial charge is 0.156 e. The summed E-state index contributed by atoms with van der Waals surface area (Å²) in [5.74, 6) is 0.996. The lowest BCUT2D eigenvalue weighted by molar-refractivity contribution is 0.314. The molecule has 0 aliphatic rings. The summed E-state index contributed by atoms with van der Waals surface area (Å²) in [5, 5.41) is 14.8. The second kappa shape index (κ2) is 6.10. The Morgan fingerprint density at radius 1 is 1.35 bits per heavy atom. The van der Waals surface area contributed by atoms with Crippen LogP contribution in [0.4, 0.5) is 0 Å². The van der Waals surface area contributed by atoms with Gasteiger partial charge in [0.25, 0.3) is 0 Å². The molecule has 0 saturated heterocycles. The van der Waals surface area contributed by atoms with Crippen LogP contribution >= 0.6 is 0 Å². The number of methoxy groups -OCH3 is 1. The predicted octanol–water partition coefficient (Wildman–Crippen LogP) is 1.48. The number of ether oxygens (including phenoxy) is 1. The Hall–Kier alpha value is -1.75. The number of benzene rings is 1. The monoisotopic (exact) mass is 237 g/mol. The summed E-state index contributed by atoms with van der Waals surface area (Å²) in [7, 11) is 1.64. The molecule has 0 amide bonds. The molecular formula is C12H19N3O2. The average molecular weight is 237 g/mol. The quantitative estimate of drug-likeness (QED) is 0.313. The van der Waals surface area contributed by atoms with Crippen molar-refractivity contribution in [1.82, 2.24) is 5.32 Å². The van der Waals surface area contributed by atoms with Crippen molar-refractivity contribution in [2.75, 3.05) is 7.11 Å². The minimum absolute atomic E-state index is 0.108. The highest BCUT2D eigenvalue weighted by Gasteiger charge is 2.12. The predicted molar refractivity (Wildman–Crippen MR) is 67.4 cm³/mol. The van der Waals surface area contributed by atoms with Gasteiger partial charge in [0.15, 0.2) is 5.84 Å². The maximum atomic E-state index is 8.56. The maximum absolute atomic E-state index is 8.56. The molecule has 0 aliphatic carbocycles. The number of amidine groups is 1. The number of nitrogens with one attached hydrogen (secondary N) is 1. The van der Waals surface area contributed by atoms with Gasteiger partial charge >= 0.3 is 0 Å². The van der Waals surface area contributed by atoms with Gasteiger partial charge in [0.2, 0.25) is 0 Å². The first-order valence-electron chi connectivity index (χ1n) is 5.46. The molecule has 1 aromatic rings. The van der Waals surface area contributed by atoms with Crippen molar-refractivity contribution in [3.63, 3.8) is 0 Å². The molecule has 5 nitrogen and oxygen atoms in total. The number of hydrogen-bond acceptors (Lipinski definition) is 4. The van der Waals surface area contributed by atoms with Crippen LogP contribution in [0.25, 0.3) is 0 Å². The van der Waals surface area contributed by atoms with Crippen LogP contribution in [0.1, 0.15) is 25.5 Å². The Kier molecular flexibility index (Phi) is 4.78. The van der Waals surface area contributed by atoms with E-state index in [1.807, 2.05) is 38.1 Å². The fraction of sp³-hybridized carbons (Fsp3) is 0.417. The van der Waals surface area contributed by atoms with E-state index in [0.717, 1.165) is 11.3 Å². The minimum atomic E-state index is -0.183. The van der Waals surface area contributed by atoms with Crippen molar-refractivity contribution in [3.8, 4) is 5.75 Å². The SMILES string of the molecule is COc1ccc([C@@H](C)NC(C)/C(N)=N/O)cc1. The van der Waals surface area contributed by atoms with E-state index in [4.69, 9.17) is 15.7 Å². The zero-order valence-electron chi connectivity index (χ0n) is 10.3.